The molecular weight excluding hydrogens is 214 g/mol. The second kappa shape index (κ2) is 6.02. The second-order valence-electron chi connectivity index (χ2n) is 5.76. The molecule has 0 saturated carbocycles. The molecule has 1 aliphatic heterocycles. The van der Waals surface area contributed by atoms with Gasteiger partial charge in [-0.25, -0.2) is 0 Å². The fraction of sp³-hybridized carbons (Fsp3) is 0.846. The van der Waals surface area contributed by atoms with Crippen molar-refractivity contribution in [3.63, 3.8) is 0 Å². The zero-order valence-corrected chi connectivity index (χ0v) is 11.1. The standard InChI is InChI=1S/C13H23N3O/c1-13(2,3)15-12(17)11-5-9-16(10-6-11)8-4-7-14/h11H,4-6,8-10H2,1-3H3,(H,15,17). The Morgan fingerprint density at radius 3 is 2.47 bits per heavy atom. The zero-order valence-electron chi connectivity index (χ0n) is 11.1. The number of carbonyl (C=O) groups excluding carboxylic acids is 1. The lowest BCUT2D eigenvalue weighted by Gasteiger charge is -2.32. The van der Waals surface area contributed by atoms with Gasteiger partial charge in [0.1, 0.15) is 0 Å². The third kappa shape index (κ3) is 5.18. The predicted octanol–water partition coefficient (Wildman–Crippen LogP) is 1.53. The molecule has 0 aromatic carbocycles. The van der Waals surface area contributed by atoms with Crippen LogP contribution >= 0.6 is 0 Å². The number of nitrogens with one attached hydrogen (secondary N) is 1. The van der Waals surface area contributed by atoms with E-state index < -0.39 is 0 Å². The minimum Gasteiger partial charge on any atom is -0.351 e. The van der Waals surface area contributed by atoms with Gasteiger partial charge in [0, 0.05) is 24.4 Å². The van der Waals surface area contributed by atoms with Crippen LogP contribution in [0.5, 0.6) is 0 Å². The highest BCUT2D eigenvalue weighted by Gasteiger charge is 2.26. The summed E-state index contributed by atoms with van der Waals surface area (Å²) < 4.78 is 0. The number of hydrogen-bond acceptors (Lipinski definition) is 3. The third-order valence-corrected chi connectivity index (χ3v) is 3.00. The highest BCUT2D eigenvalue weighted by molar-refractivity contribution is 5.79. The quantitative estimate of drug-likeness (QED) is 0.810. The van der Waals surface area contributed by atoms with Gasteiger partial charge in [-0.2, -0.15) is 5.26 Å². The van der Waals surface area contributed by atoms with Crippen molar-refractivity contribution in [2.75, 3.05) is 19.6 Å². The maximum atomic E-state index is 12.0. The van der Waals surface area contributed by atoms with Crippen molar-refractivity contribution in [2.45, 2.75) is 45.6 Å². The molecule has 1 heterocycles. The van der Waals surface area contributed by atoms with E-state index in [9.17, 15) is 4.79 Å². The van der Waals surface area contributed by atoms with E-state index in [1.807, 2.05) is 20.8 Å². The summed E-state index contributed by atoms with van der Waals surface area (Å²) in [7, 11) is 0. The van der Waals surface area contributed by atoms with E-state index in [0.717, 1.165) is 32.5 Å². The van der Waals surface area contributed by atoms with Gasteiger partial charge in [0.05, 0.1) is 6.07 Å². The number of nitriles is 1. The van der Waals surface area contributed by atoms with E-state index >= 15 is 0 Å². The van der Waals surface area contributed by atoms with E-state index in [2.05, 4.69) is 16.3 Å². The molecule has 0 unspecified atom stereocenters. The number of hydrogen-bond donors (Lipinski definition) is 1. The second-order valence-corrected chi connectivity index (χ2v) is 5.76. The Kier molecular flexibility index (Phi) is 4.95. The molecule has 4 nitrogen and oxygen atoms in total. The first kappa shape index (κ1) is 14.0. The minimum atomic E-state index is -0.144. The summed E-state index contributed by atoms with van der Waals surface area (Å²) in [5.41, 5.74) is -0.144. The summed E-state index contributed by atoms with van der Waals surface area (Å²) in [6, 6.07) is 2.16. The molecule has 1 fully saturated rings. The molecule has 1 saturated heterocycles. The van der Waals surface area contributed by atoms with Crippen molar-refractivity contribution in [1.82, 2.24) is 10.2 Å². The van der Waals surface area contributed by atoms with Gasteiger partial charge in [0.15, 0.2) is 0 Å². The molecule has 0 spiro atoms. The lowest BCUT2D eigenvalue weighted by atomic mass is 9.94. The highest BCUT2D eigenvalue weighted by Crippen LogP contribution is 2.18. The molecule has 1 N–H and O–H groups in total. The molecular formula is C13H23N3O. The smallest absolute Gasteiger partial charge is 0.223 e. The first-order valence-corrected chi connectivity index (χ1v) is 6.34. The number of piperidine rings is 1. The summed E-state index contributed by atoms with van der Waals surface area (Å²) in [4.78, 5) is 14.2. The van der Waals surface area contributed by atoms with Crippen LogP contribution in [0.2, 0.25) is 0 Å². The van der Waals surface area contributed by atoms with Crippen molar-refractivity contribution < 1.29 is 4.79 Å². The Bertz CT molecular complexity index is 293. The van der Waals surface area contributed by atoms with Crippen LogP contribution in [0.15, 0.2) is 0 Å². The monoisotopic (exact) mass is 237 g/mol. The van der Waals surface area contributed by atoms with Gasteiger partial charge < -0.3 is 10.2 Å². The lowest BCUT2D eigenvalue weighted by Crippen LogP contribution is -2.47. The van der Waals surface area contributed by atoms with Crippen molar-refractivity contribution >= 4 is 5.91 Å². The molecule has 4 heteroatoms. The van der Waals surface area contributed by atoms with Crippen LogP contribution in [0.4, 0.5) is 0 Å². The zero-order chi connectivity index (χ0) is 12.9. The normalized spacial score (nSPS) is 18.7. The summed E-state index contributed by atoms with van der Waals surface area (Å²) in [5, 5.41) is 11.6. The van der Waals surface area contributed by atoms with Gasteiger partial charge in [0.2, 0.25) is 5.91 Å². The molecule has 96 valence electrons. The lowest BCUT2D eigenvalue weighted by molar-refractivity contribution is -0.127. The Morgan fingerprint density at radius 2 is 2.00 bits per heavy atom. The average Bonchev–Trinajstić information content (AvgIpc) is 2.24. The van der Waals surface area contributed by atoms with Gasteiger partial charge in [-0.3, -0.25) is 4.79 Å². The van der Waals surface area contributed by atoms with Crippen LogP contribution in [0, 0.1) is 17.2 Å². The number of rotatable bonds is 3. The average molecular weight is 237 g/mol. The first-order chi connectivity index (χ1) is 7.92. The molecule has 1 rings (SSSR count). The Balaban J connectivity index is 2.32. The molecule has 0 aliphatic carbocycles. The first-order valence-electron chi connectivity index (χ1n) is 6.34. The number of likely N-dealkylation sites (tertiary alicyclic amines) is 1. The van der Waals surface area contributed by atoms with Crippen LogP contribution in [0.3, 0.4) is 0 Å². The van der Waals surface area contributed by atoms with E-state index in [0.29, 0.717) is 6.42 Å². The largest absolute Gasteiger partial charge is 0.351 e. The molecule has 0 atom stereocenters. The molecule has 1 aliphatic rings. The molecule has 17 heavy (non-hydrogen) atoms. The highest BCUT2D eigenvalue weighted by atomic mass is 16.2. The van der Waals surface area contributed by atoms with Crippen LogP contribution in [0.25, 0.3) is 0 Å². The number of carbonyl (C=O) groups is 1. The number of nitrogens with zero attached hydrogens (tertiary/aromatic N) is 2. The maximum Gasteiger partial charge on any atom is 0.223 e. The molecule has 0 aromatic rings. The van der Waals surface area contributed by atoms with Gasteiger partial charge in [-0.1, -0.05) is 0 Å². The summed E-state index contributed by atoms with van der Waals surface area (Å²) >= 11 is 0. The van der Waals surface area contributed by atoms with Crippen LogP contribution in [-0.4, -0.2) is 36.0 Å². The van der Waals surface area contributed by atoms with Crippen LogP contribution in [-0.2, 0) is 4.79 Å². The predicted molar refractivity (Wildman–Crippen MR) is 67.3 cm³/mol. The molecule has 1 amide bonds. The topological polar surface area (TPSA) is 56.1 Å². The maximum absolute atomic E-state index is 12.0. The fourth-order valence-electron chi connectivity index (χ4n) is 2.10. The van der Waals surface area contributed by atoms with Crippen molar-refractivity contribution in [1.29, 1.82) is 5.26 Å². The van der Waals surface area contributed by atoms with E-state index in [1.54, 1.807) is 0 Å². The van der Waals surface area contributed by atoms with Crippen LogP contribution < -0.4 is 5.32 Å². The van der Waals surface area contributed by atoms with Crippen molar-refractivity contribution in [3.05, 3.63) is 0 Å². The molecule has 0 radical (unpaired) electrons. The third-order valence-electron chi connectivity index (χ3n) is 3.00. The van der Waals surface area contributed by atoms with Gasteiger partial charge >= 0.3 is 0 Å². The summed E-state index contributed by atoms with van der Waals surface area (Å²) in [5.74, 6) is 0.324. The number of amides is 1. The Hall–Kier alpha value is -1.08. The van der Waals surface area contributed by atoms with E-state index in [-0.39, 0.29) is 17.4 Å². The summed E-state index contributed by atoms with van der Waals surface area (Å²) in [6.45, 7) is 8.73. The van der Waals surface area contributed by atoms with Crippen LogP contribution in [0.1, 0.15) is 40.0 Å². The van der Waals surface area contributed by atoms with E-state index in [4.69, 9.17) is 5.26 Å². The van der Waals surface area contributed by atoms with Crippen molar-refractivity contribution in [2.24, 2.45) is 5.92 Å². The minimum absolute atomic E-state index is 0.144. The molecule has 0 aromatic heterocycles. The van der Waals surface area contributed by atoms with Gasteiger partial charge in [0.25, 0.3) is 0 Å². The van der Waals surface area contributed by atoms with Gasteiger partial charge in [-0.15, -0.1) is 0 Å². The van der Waals surface area contributed by atoms with Crippen molar-refractivity contribution in [3.8, 4) is 6.07 Å². The Labute approximate surface area is 104 Å². The van der Waals surface area contributed by atoms with E-state index in [1.165, 1.54) is 0 Å². The SMILES string of the molecule is CC(C)(C)NC(=O)C1CCN(CCC#N)CC1. The molecule has 0 bridgehead atoms. The fourth-order valence-corrected chi connectivity index (χ4v) is 2.10. The summed E-state index contributed by atoms with van der Waals surface area (Å²) in [6.07, 6.45) is 2.40. The van der Waals surface area contributed by atoms with Gasteiger partial charge in [-0.05, 0) is 46.7 Å². The Morgan fingerprint density at radius 1 is 1.41 bits per heavy atom.